The number of benzene rings is 1. The predicted octanol–water partition coefficient (Wildman–Crippen LogP) is 0.939. The monoisotopic (exact) mass is 201 g/mol. The third-order valence-electron chi connectivity index (χ3n) is 1.76. The lowest BCUT2D eigenvalue weighted by Crippen LogP contribution is -2.04. The van der Waals surface area contributed by atoms with Crippen molar-refractivity contribution in [3.05, 3.63) is 29.8 Å². The quantitative estimate of drug-likeness (QED) is 0.791. The Kier molecular flexibility index (Phi) is 2.25. The normalized spacial score (nSPS) is 14.9. The summed E-state index contributed by atoms with van der Waals surface area (Å²) in [5, 5.41) is 0. The molecule has 0 bridgehead atoms. The van der Waals surface area contributed by atoms with E-state index in [9.17, 15) is 8.42 Å². The second kappa shape index (κ2) is 3.89. The Bertz CT molecular complexity index is 434. The van der Waals surface area contributed by atoms with Crippen molar-refractivity contribution >= 4 is 9.84 Å². The van der Waals surface area contributed by atoms with Gasteiger partial charge in [-0.2, -0.15) is 0 Å². The number of rotatable bonds is 3. The summed E-state index contributed by atoms with van der Waals surface area (Å²) >= 11 is 0. The van der Waals surface area contributed by atoms with E-state index in [1.807, 2.05) is 0 Å². The molecule has 0 heterocycles. The topological polar surface area (TPSA) is 60.2 Å². The molecule has 1 aromatic carbocycles. The van der Waals surface area contributed by atoms with Gasteiger partial charge in [-0.3, -0.25) is 0 Å². The summed E-state index contributed by atoms with van der Waals surface area (Å²) < 4.78 is 37.4. The first-order valence-corrected chi connectivity index (χ1v) is 5.55. The molecule has 0 saturated carbocycles. The molecule has 0 saturated heterocycles. The van der Waals surface area contributed by atoms with Gasteiger partial charge in [0.1, 0.15) is 0 Å². The van der Waals surface area contributed by atoms with Crippen LogP contribution in [-0.2, 0) is 16.3 Å². The molecule has 72 valence electrons. The van der Waals surface area contributed by atoms with Crippen molar-refractivity contribution in [2.75, 3.05) is 5.75 Å². The smallest absolute Gasteiger partial charge is 0.178 e. The van der Waals surface area contributed by atoms with Crippen molar-refractivity contribution < 1.29 is 11.2 Å². The van der Waals surface area contributed by atoms with Crippen LogP contribution in [0.2, 0.25) is 0 Å². The average molecular weight is 201 g/mol. The molecule has 0 aliphatic rings. The maximum absolute atomic E-state index is 11.4. The summed E-state index contributed by atoms with van der Waals surface area (Å²) in [5.41, 5.74) is 5.49. The zero-order valence-corrected chi connectivity index (χ0v) is 8.14. The zero-order valence-electron chi connectivity index (χ0n) is 9.32. The van der Waals surface area contributed by atoms with E-state index in [2.05, 4.69) is 0 Å². The Balaban J connectivity index is 3.12. The van der Waals surface area contributed by atoms with Crippen molar-refractivity contribution in [2.45, 2.75) is 18.3 Å². The number of hydrogen-bond acceptors (Lipinski definition) is 3. The highest BCUT2D eigenvalue weighted by molar-refractivity contribution is 7.91. The Morgan fingerprint density at radius 3 is 2.31 bits per heavy atom. The van der Waals surface area contributed by atoms with E-state index < -0.39 is 16.3 Å². The molecule has 1 rings (SSSR count). The van der Waals surface area contributed by atoms with Gasteiger partial charge in [0.15, 0.2) is 9.84 Å². The fourth-order valence-corrected chi connectivity index (χ4v) is 1.81. The van der Waals surface area contributed by atoms with E-state index in [1.54, 1.807) is 6.92 Å². The summed E-state index contributed by atoms with van der Waals surface area (Å²) in [5.74, 6) is 0.0296. The molecule has 0 aliphatic carbocycles. The van der Waals surface area contributed by atoms with Gasteiger partial charge in [-0.1, -0.05) is 19.1 Å². The lowest BCUT2D eigenvalue weighted by atomic mass is 10.2. The number of nitrogens with two attached hydrogens (primary N) is 1. The summed E-state index contributed by atoms with van der Waals surface area (Å²) in [6.07, 6.45) is 0. The van der Waals surface area contributed by atoms with Gasteiger partial charge < -0.3 is 5.73 Å². The number of hydrogen-bond donors (Lipinski definition) is 1. The maximum atomic E-state index is 11.4. The SMILES string of the molecule is [2H]C([2H])(N)c1ccc(S(=O)(=O)CC)cc1. The van der Waals surface area contributed by atoms with E-state index >= 15 is 0 Å². The van der Waals surface area contributed by atoms with Crippen molar-refractivity contribution in [1.29, 1.82) is 0 Å². The largest absolute Gasteiger partial charge is 0.326 e. The maximum Gasteiger partial charge on any atom is 0.178 e. The highest BCUT2D eigenvalue weighted by Crippen LogP contribution is 2.11. The van der Waals surface area contributed by atoms with Crippen LogP contribution < -0.4 is 5.73 Å². The van der Waals surface area contributed by atoms with Crippen molar-refractivity contribution in [2.24, 2.45) is 5.73 Å². The van der Waals surface area contributed by atoms with Crippen LogP contribution in [0.15, 0.2) is 29.2 Å². The van der Waals surface area contributed by atoms with Gasteiger partial charge in [0, 0.05) is 9.24 Å². The Morgan fingerprint density at radius 2 is 1.92 bits per heavy atom. The van der Waals surface area contributed by atoms with E-state index in [0.717, 1.165) is 0 Å². The molecular weight excluding hydrogens is 186 g/mol. The fraction of sp³-hybridized carbons (Fsp3) is 0.333. The van der Waals surface area contributed by atoms with Gasteiger partial charge in [-0.25, -0.2) is 8.42 Å². The predicted molar refractivity (Wildman–Crippen MR) is 52.1 cm³/mol. The third-order valence-corrected chi connectivity index (χ3v) is 3.51. The van der Waals surface area contributed by atoms with Crippen LogP contribution in [0.25, 0.3) is 0 Å². The highest BCUT2D eigenvalue weighted by Gasteiger charge is 2.09. The minimum Gasteiger partial charge on any atom is -0.326 e. The first-order chi connectivity index (χ1) is 6.77. The lowest BCUT2D eigenvalue weighted by molar-refractivity contribution is 0.597. The summed E-state index contributed by atoms with van der Waals surface area (Å²) in [6, 6.07) is 5.53. The molecule has 1 aromatic rings. The van der Waals surface area contributed by atoms with Crippen molar-refractivity contribution in [1.82, 2.24) is 0 Å². The van der Waals surface area contributed by atoms with Crippen molar-refractivity contribution in [3.8, 4) is 0 Å². The van der Waals surface area contributed by atoms with E-state index in [-0.39, 0.29) is 16.2 Å². The van der Waals surface area contributed by atoms with Crippen molar-refractivity contribution in [3.63, 3.8) is 0 Å². The minimum atomic E-state index is -3.22. The first-order valence-electron chi connectivity index (χ1n) is 4.89. The lowest BCUT2D eigenvalue weighted by Gasteiger charge is -2.01. The molecule has 0 fully saturated rings. The van der Waals surface area contributed by atoms with Gasteiger partial charge in [-0.15, -0.1) is 0 Å². The van der Waals surface area contributed by atoms with Gasteiger partial charge >= 0.3 is 0 Å². The van der Waals surface area contributed by atoms with Crippen LogP contribution in [0.3, 0.4) is 0 Å². The molecule has 4 heteroatoms. The Morgan fingerprint density at radius 1 is 1.38 bits per heavy atom. The molecular formula is C9H13NO2S. The molecule has 0 atom stereocenters. The highest BCUT2D eigenvalue weighted by atomic mass is 32.2. The second-order valence-electron chi connectivity index (χ2n) is 2.57. The zero-order chi connectivity index (χ0) is 11.7. The van der Waals surface area contributed by atoms with Crippen LogP contribution in [0.1, 0.15) is 15.2 Å². The van der Waals surface area contributed by atoms with Gasteiger partial charge in [-0.05, 0) is 17.7 Å². The van der Waals surface area contributed by atoms with E-state index in [1.165, 1.54) is 24.3 Å². The molecule has 0 radical (unpaired) electrons. The molecule has 13 heavy (non-hydrogen) atoms. The van der Waals surface area contributed by atoms with Crippen LogP contribution in [0, 0.1) is 0 Å². The van der Waals surface area contributed by atoms with E-state index in [4.69, 9.17) is 8.48 Å². The average Bonchev–Trinajstić information content (AvgIpc) is 2.17. The second-order valence-corrected chi connectivity index (χ2v) is 4.85. The molecule has 0 spiro atoms. The number of sulfone groups is 1. The Labute approximate surface area is 81.3 Å². The van der Waals surface area contributed by atoms with Gasteiger partial charge in [0.05, 0.1) is 10.6 Å². The summed E-state index contributed by atoms with van der Waals surface area (Å²) in [4.78, 5) is 0.193. The molecule has 0 amide bonds. The molecule has 0 unspecified atom stereocenters. The summed E-state index contributed by atoms with van der Waals surface area (Å²) in [6.45, 7) is -0.375. The van der Waals surface area contributed by atoms with Gasteiger partial charge in [0.25, 0.3) is 0 Å². The summed E-state index contributed by atoms with van der Waals surface area (Å²) in [7, 11) is -3.22. The van der Waals surface area contributed by atoms with Gasteiger partial charge in [0.2, 0.25) is 0 Å². The minimum absolute atomic E-state index is 0.0296. The fourth-order valence-electron chi connectivity index (χ4n) is 0.925. The third kappa shape index (κ3) is 2.29. The molecule has 0 aromatic heterocycles. The van der Waals surface area contributed by atoms with Crippen LogP contribution in [0.4, 0.5) is 0 Å². The van der Waals surface area contributed by atoms with Crippen LogP contribution in [-0.4, -0.2) is 14.2 Å². The first kappa shape index (κ1) is 7.53. The molecule has 0 aliphatic heterocycles. The van der Waals surface area contributed by atoms with Crippen LogP contribution >= 0.6 is 0 Å². The van der Waals surface area contributed by atoms with E-state index in [0.29, 0.717) is 0 Å². The molecule has 2 N–H and O–H groups in total. The van der Waals surface area contributed by atoms with Crippen LogP contribution in [0.5, 0.6) is 0 Å². The molecule has 3 nitrogen and oxygen atoms in total. The Hall–Kier alpha value is -0.870. The standard InChI is InChI=1S/C9H13NO2S/c1-2-13(11,12)9-5-3-8(7-10)4-6-9/h3-6H,2,7,10H2,1H3/i7D2.